The van der Waals surface area contributed by atoms with E-state index in [9.17, 15) is 9.59 Å². The number of hydrogen-bond donors (Lipinski definition) is 1. The van der Waals surface area contributed by atoms with Gasteiger partial charge in [0.2, 0.25) is 11.8 Å². The summed E-state index contributed by atoms with van der Waals surface area (Å²) in [5, 5.41) is 3.49. The largest absolute Gasteiger partial charge is 0.496 e. The van der Waals surface area contributed by atoms with Gasteiger partial charge in [-0.05, 0) is 24.3 Å². The van der Waals surface area contributed by atoms with Gasteiger partial charge in [0.05, 0.1) is 17.8 Å². The molecule has 0 saturated carbocycles. The van der Waals surface area contributed by atoms with Crippen LogP contribution in [0.3, 0.4) is 0 Å². The lowest BCUT2D eigenvalue weighted by atomic mass is 10.2. The van der Waals surface area contributed by atoms with Crippen molar-refractivity contribution in [2.75, 3.05) is 19.0 Å². The molecule has 0 fully saturated rings. The van der Waals surface area contributed by atoms with Crippen molar-refractivity contribution in [3.8, 4) is 5.75 Å². The van der Waals surface area contributed by atoms with E-state index in [1.54, 1.807) is 25.3 Å². The molecule has 0 bridgehead atoms. The SMILES string of the molecule is COc1ccccc1CN(CC(=O)Nc1ccc(Cl)cc1Cl)C(C)=O. The van der Waals surface area contributed by atoms with Gasteiger partial charge in [0.15, 0.2) is 0 Å². The summed E-state index contributed by atoms with van der Waals surface area (Å²) >= 11 is 11.9. The van der Waals surface area contributed by atoms with Crippen LogP contribution in [0.15, 0.2) is 42.5 Å². The molecular formula is C18H18Cl2N2O3. The van der Waals surface area contributed by atoms with Crippen LogP contribution in [0.4, 0.5) is 5.69 Å². The number of carbonyl (C=O) groups excluding carboxylic acids is 2. The van der Waals surface area contributed by atoms with Crippen LogP contribution in [-0.2, 0) is 16.1 Å². The van der Waals surface area contributed by atoms with Crippen molar-refractivity contribution in [1.29, 1.82) is 0 Å². The molecular weight excluding hydrogens is 363 g/mol. The summed E-state index contributed by atoms with van der Waals surface area (Å²) in [5.74, 6) is 0.0903. The van der Waals surface area contributed by atoms with Gasteiger partial charge in [0.1, 0.15) is 12.3 Å². The molecule has 0 aliphatic rings. The zero-order valence-electron chi connectivity index (χ0n) is 13.9. The smallest absolute Gasteiger partial charge is 0.244 e. The third-order valence-corrected chi connectivity index (χ3v) is 4.09. The molecule has 0 saturated heterocycles. The van der Waals surface area contributed by atoms with Crippen LogP contribution in [0, 0.1) is 0 Å². The molecule has 0 unspecified atom stereocenters. The van der Waals surface area contributed by atoms with Gasteiger partial charge in [-0.25, -0.2) is 0 Å². The molecule has 0 spiro atoms. The second kappa shape index (κ2) is 8.74. The topological polar surface area (TPSA) is 58.6 Å². The summed E-state index contributed by atoms with van der Waals surface area (Å²) < 4.78 is 5.29. The molecule has 2 aromatic rings. The highest BCUT2D eigenvalue weighted by Gasteiger charge is 2.17. The van der Waals surface area contributed by atoms with Crippen LogP contribution in [0.5, 0.6) is 5.75 Å². The number of ether oxygens (including phenoxy) is 1. The van der Waals surface area contributed by atoms with Crippen molar-refractivity contribution in [1.82, 2.24) is 4.90 Å². The van der Waals surface area contributed by atoms with Gasteiger partial charge in [-0.2, -0.15) is 0 Å². The number of halogens is 2. The van der Waals surface area contributed by atoms with Gasteiger partial charge < -0.3 is 15.0 Å². The van der Waals surface area contributed by atoms with E-state index in [1.807, 2.05) is 18.2 Å². The molecule has 5 nitrogen and oxygen atoms in total. The van der Waals surface area contributed by atoms with Crippen molar-refractivity contribution in [2.45, 2.75) is 13.5 Å². The Hall–Kier alpha value is -2.24. The predicted octanol–water partition coefficient (Wildman–Crippen LogP) is 3.99. The molecule has 0 atom stereocenters. The first kappa shape index (κ1) is 19.1. The quantitative estimate of drug-likeness (QED) is 0.823. The first-order valence-electron chi connectivity index (χ1n) is 7.53. The van der Waals surface area contributed by atoms with Crippen LogP contribution >= 0.6 is 23.2 Å². The van der Waals surface area contributed by atoms with E-state index in [4.69, 9.17) is 27.9 Å². The van der Waals surface area contributed by atoms with Gasteiger partial charge in [0.25, 0.3) is 0 Å². The summed E-state index contributed by atoms with van der Waals surface area (Å²) in [6.07, 6.45) is 0. The highest BCUT2D eigenvalue weighted by molar-refractivity contribution is 6.36. The number of benzene rings is 2. The Morgan fingerprint density at radius 2 is 1.88 bits per heavy atom. The number of nitrogens with zero attached hydrogens (tertiary/aromatic N) is 1. The van der Waals surface area contributed by atoms with Gasteiger partial charge >= 0.3 is 0 Å². The van der Waals surface area contributed by atoms with Crippen molar-refractivity contribution in [2.24, 2.45) is 0 Å². The second-order valence-electron chi connectivity index (χ2n) is 5.36. The fourth-order valence-corrected chi connectivity index (χ4v) is 2.73. The van der Waals surface area contributed by atoms with Crippen LogP contribution in [0.25, 0.3) is 0 Å². The zero-order chi connectivity index (χ0) is 18.4. The third-order valence-electron chi connectivity index (χ3n) is 3.54. The van der Waals surface area contributed by atoms with E-state index >= 15 is 0 Å². The second-order valence-corrected chi connectivity index (χ2v) is 6.20. The minimum Gasteiger partial charge on any atom is -0.496 e. The number of carbonyl (C=O) groups is 2. The summed E-state index contributed by atoms with van der Waals surface area (Å²) in [6.45, 7) is 1.57. The van der Waals surface area contributed by atoms with Crippen molar-refractivity contribution < 1.29 is 14.3 Å². The Labute approximate surface area is 156 Å². The molecule has 0 radical (unpaired) electrons. The number of amides is 2. The highest BCUT2D eigenvalue weighted by Crippen LogP contribution is 2.25. The first-order valence-corrected chi connectivity index (χ1v) is 8.28. The average molecular weight is 381 g/mol. The van der Waals surface area contributed by atoms with Gasteiger partial charge in [-0.1, -0.05) is 41.4 Å². The van der Waals surface area contributed by atoms with Crippen molar-refractivity contribution >= 4 is 40.7 Å². The Balaban J connectivity index is 2.08. The molecule has 0 aliphatic heterocycles. The molecule has 0 aliphatic carbocycles. The number of nitrogens with one attached hydrogen (secondary N) is 1. The maximum Gasteiger partial charge on any atom is 0.244 e. The maximum absolute atomic E-state index is 12.3. The first-order chi connectivity index (χ1) is 11.9. The zero-order valence-corrected chi connectivity index (χ0v) is 15.4. The fraction of sp³-hybridized carbons (Fsp3) is 0.222. The molecule has 2 amide bonds. The minimum absolute atomic E-state index is 0.105. The lowest BCUT2D eigenvalue weighted by Crippen LogP contribution is -2.36. The Bertz CT molecular complexity index is 781. The maximum atomic E-state index is 12.3. The number of anilines is 1. The standard InChI is InChI=1S/C18H18Cl2N2O3/c1-12(23)22(10-13-5-3-4-6-17(13)25-2)11-18(24)21-16-8-7-14(19)9-15(16)20/h3-9H,10-11H2,1-2H3,(H,21,24). The van der Waals surface area contributed by atoms with Gasteiger partial charge in [-0.3, -0.25) is 9.59 Å². The van der Waals surface area contributed by atoms with Crippen molar-refractivity contribution in [3.63, 3.8) is 0 Å². The molecule has 25 heavy (non-hydrogen) atoms. The van der Waals surface area contributed by atoms with E-state index in [-0.39, 0.29) is 24.9 Å². The lowest BCUT2D eigenvalue weighted by molar-refractivity contribution is -0.133. The van der Waals surface area contributed by atoms with E-state index in [0.29, 0.717) is 21.5 Å². The molecule has 2 aromatic carbocycles. The Morgan fingerprint density at radius 1 is 1.16 bits per heavy atom. The Kier molecular flexibility index (Phi) is 6.67. The Morgan fingerprint density at radius 3 is 2.52 bits per heavy atom. The third kappa shape index (κ3) is 5.37. The minimum atomic E-state index is -0.352. The summed E-state index contributed by atoms with van der Waals surface area (Å²) in [6, 6.07) is 12.1. The summed E-state index contributed by atoms with van der Waals surface area (Å²) in [7, 11) is 1.56. The van der Waals surface area contributed by atoms with Gasteiger partial charge in [-0.15, -0.1) is 0 Å². The number of rotatable bonds is 6. The summed E-state index contributed by atoms with van der Waals surface area (Å²) in [4.78, 5) is 25.6. The number of para-hydroxylation sites is 1. The van der Waals surface area contributed by atoms with Crippen LogP contribution < -0.4 is 10.1 Å². The lowest BCUT2D eigenvalue weighted by Gasteiger charge is -2.22. The molecule has 132 valence electrons. The molecule has 1 N–H and O–H groups in total. The monoisotopic (exact) mass is 380 g/mol. The normalized spacial score (nSPS) is 10.2. The molecule has 2 rings (SSSR count). The highest BCUT2D eigenvalue weighted by atomic mass is 35.5. The molecule has 0 heterocycles. The van der Waals surface area contributed by atoms with Crippen LogP contribution in [-0.4, -0.2) is 30.4 Å². The van der Waals surface area contributed by atoms with E-state index in [2.05, 4.69) is 5.32 Å². The fourth-order valence-electron chi connectivity index (χ4n) is 2.27. The van der Waals surface area contributed by atoms with E-state index in [1.165, 1.54) is 17.9 Å². The predicted molar refractivity (Wildman–Crippen MR) is 99.2 cm³/mol. The van der Waals surface area contributed by atoms with Gasteiger partial charge in [0, 0.05) is 24.1 Å². The van der Waals surface area contributed by atoms with Crippen LogP contribution in [0.2, 0.25) is 10.0 Å². The number of hydrogen-bond acceptors (Lipinski definition) is 3. The van der Waals surface area contributed by atoms with E-state index < -0.39 is 0 Å². The van der Waals surface area contributed by atoms with Crippen molar-refractivity contribution in [3.05, 3.63) is 58.1 Å². The average Bonchev–Trinajstić information content (AvgIpc) is 2.57. The number of methoxy groups -OCH3 is 1. The molecule has 7 heteroatoms. The summed E-state index contributed by atoms with van der Waals surface area (Å²) in [5.41, 5.74) is 1.26. The molecule has 0 aromatic heterocycles. The van der Waals surface area contributed by atoms with Crippen LogP contribution in [0.1, 0.15) is 12.5 Å². The van der Waals surface area contributed by atoms with E-state index in [0.717, 1.165) is 5.56 Å².